The summed E-state index contributed by atoms with van der Waals surface area (Å²) in [5, 5.41) is 1.75. The number of benzene rings is 3. The second kappa shape index (κ2) is 10.00. The molecule has 4 aromatic rings. The topological polar surface area (TPSA) is 34.5 Å². The third kappa shape index (κ3) is 4.86. The van der Waals surface area contributed by atoms with E-state index >= 15 is 0 Å². The zero-order chi connectivity index (χ0) is 23.5. The van der Waals surface area contributed by atoms with Crippen LogP contribution in [0.2, 0.25) is 5.02 Å². The summed E-state index contributed by atoms with van der Waals surface area (Å²) in [5.41, 5.74) is 4.19. The van der Waals surface area contributed by atoms with Crippen LogP contribution >= 0.6 is 11.6 Å². The highest BCUT2D eigenvalue weighted by molar-refractivity contribution is 6.30. The fourth-order valence-electron chi connectivity index (χ4n) is 4.72. The maximum atomic E-state index is 13.4. The first kappa shape index (κ1) is 22.6. The number of morpholine rings is 1. The number of carbonyl (C=O) groups excluding carboxylic acids is 1. The molecule has 1 atom stereocenters. The molecule has 0 radical (unpaired) electrons. The highest BCUT2D eigenvalue weighted by Crippen LogP contribution is 2.36. The standard InChI is InChI=1S/C28H26ClFN2O2/c29-22-5-3-4-21(16-22)25(17-28(33)31-12-14-34-15-13-31)26-19-32(27-7-2-1-6-24(26)27)18-20-8-10-23(30)11-9-20/h1-11,16,19,25H,12-15,17-18H2/t25-/m0/s1. The summed E-state index contributed by atoms with van der Waals surface area (Å²) < 4.78 is 21.0. The molecule has 1 aliphatic rings. The molecule has 5 rings (SSSR count). The van der Waals surface area contributed by atoms with Crippen molar-refractivity contribution >= 4 is 28.4 Å². The maximum absolute atomic E-state index is 13.4. The van der Waals surface area contributed by atoms with Crippen molar-refractivity contribution in [3.05, 3.63) is 107 Å². The fraction of sp³-hybridized carbons (Fsp3) is 0.250. The van der Waals surface area contributed by atoms with Crippen LogP contribution in [0.25, 0.3) is 10.9 Å². The van der Waals surface area contributed by atoms with Crippen LogP contribution in [-0.2, 0) is 16.1 Å². The Morgan fingerprint density at radius 3 is 2.53 bits per heavy atom. The summed E-state index contributed by atoms with van der Waals surface area (Å²) in [6, 6.07) is 22.6. The predicted octanol–water partition coefficient (Wildman–Crippen LogP) is 5.86. The lowest BCUT2D eigenvalue weighted by Gasteiger charge is -2.28. The van der Waals surface area contributed by atoms with Crippen molar-refractivity contribution < 1.29 is 13.9 Å². The molecule has 0 aliphatic carbocycles. The Morgan fingerprint density at radius 2 is 1.76 bits per heavy atom. The van der Waals surface area contributed by atoms with E-state index in [1.165, 1.54) is 12.1 Å². The first-order chi connectivity index (χ1) is 16.6. The third-order valence-electron chi connectivity index (χ3n) is 6.45. The van der Waals surface area contributed by atoms with E-state index in [-0.39, 0.29) is 17.6 Å². The molecule has 0 saturated carbocycles. The quantitative estimate of drug-likeness (QED) is 0.349. The molecule has 174 valence electrons. The summed E-state index contributed by atoms with van der Waals surface area (Å²) in [5.74, 6) is -0.276. The van der Waals surface area contributed by atoms with Crippen molar-refractivity contribution in [3.63, 3.8) is 0 Å². The van der Waals surface area contributed by atoms with Crippen molar-refractivity contribution in [1.29, 1.82) is 0 Å². The van der Waals surface area contributed by atoms with Gasteiger partial charge in [-0.1, -0.05) is 54.1 Å². The smallest absolute Gasteiger partial charge is 0.223 e. The minimum absolute atomic E-state index is 0.114. The summed E-state index contributed by atoms with van der Waals surface area (Å²) in [4.78, 5) is 15.2. The number of carbonyl (C=O) groups is 1. The molecule has 0 N–H and O–H groups in total. The lowest BCUT2D eigenvalue weighted by atomic mass is 9.87. The van der Waals surface area contributed by atoms with E-state index in [1.807, 2.05) is 41.3 Å². The van der Waals surface area contributed by atoms with Gasteiger partial charge in [-0.05, 0) is 47.0 Å². The second-order valence-electron chi connectivity index (χ2n) is 8.66. The number of hydrogen-bond acceptors (Lipinski definition) is 2. The van der Waals surface area contributed by atoms with E-state index in [2.05, 4.69) is 22.9 Å². The van der Waals surface area contributed by atoms with Gasteiger partial charge in [-0.15, -0.1) is 0 Å². The molecule has 0 unspecified atom stereocenters. The van der Waals surface area contributed by atoms with Crippen LogP contribution in [0.5, 0.6) is 0 Å². The van der Waals surface area contributed by atoms with Gasteiger partial charge in [0.25, 0.3) is 0 Å². The molecule has 0 spiro atoms. The van der Waals surface area contributed by atoms with Gasteiger partial charge in [0.05, 0.1) is 13.2 Å². The van der Waals surface area contributed by atoms with Gasteiger partial charge >= 0.3 is 0 Å². The van der Waals surface area contributed by atoms with E-state index in [1.54, 1.807) is 12.1 Å². The van der Waals surface area contributed by atoms with Gasteiger partial charge in [-0.3, -0.25) is 4.79 Å². The Morgan fingerprint density at radius 1 is 1.00 bits per heavy atom. The molecular formula is C28H26ClFN2O2. The number of ether oxygens (including phenoxy) is 1. The number of hydrogen-bond donors (Lipinski definition) is 0. The van der Waals surface area contributed by atoms with Gasteiger partial charge in [-0.2, -0.15) is 0 Å². The largest absolute Gasteiger partial charge is 0.378 e. The molecule has 1 fully saturated rings. The van der Waals surface area contributed by atoms with Crippen molar-refractivity contribution in [2.75, 3.05) is 26.3 Å². The molecule has 34 heavy (non-hydrogen) atoms. The average Bonchev–Trinajstić information content (AvgIpc) is 3.22. The first-order valence-corrected chi connectivity index (χ1v) is 11.9. The summed E-state index contributed by atoms with van der Waals surface area (Å²) >= 11 is 6.36. The molecule has 0 bridgehead atoms. The van der Waals surface area contributed by atoms with E-state index in [0.29, 0.717) is 44.3 Å². The van der Waals surface area contributed by atoms with Crippen molar-refractivity contribution in [2.45, 2.75) is 18.9 Å². The molecule has 6 heteroatoms. The molecule has 2 heterocycles. The van der Waals surface area contributed by atoms with E-state index in [0.717, 1.165) is 27.6 Å². The normalized spacial score (nSPS) is 14.9. The Hall–Kier alpha value is -3.15. The predicted molar refractivity (Wildman–Crippen MR) is 133 cm³/mol. The lowest BCUT2D eigenvalue weighted by Crippen LogP contribution is -2.41. The number of para-hydroxylation sites is 1. The Labute approximate surface area is 203 Å². The number of amides is 1. The van der Waals surface area contributed by atoms with Crippen LogP contribution in [0, 0.1) is 5.82 Å². The van der Waals surface area contributed by atoms with Gasteiger partial charge in [0.2, 0.25) is 5.91 Å². The second-order valence-corrected chi connectivity index (χ2v) is 9.10. The van der Waals surface area contributed by atoms with Gasteiger partial charge in [-0.25, -0.2) is 4.39 Å². The van der Waals surface area contributed by atoms with Crippen LogP contribution < -0.4 is 0 Å². The van der Waals surface area contributed by atoms with E-state index in [4.69, 9.17) is 16.3 Å². The summed E-state index contributed by atoms with van der Waals surface area (Å²) in [6.07, 6.45) is 2.48. The SMILES string of the molecule is O=C(C[C@@H](c1cccc(Cl)c1)c1cn(Cc2ccc(F)cc2)c2ccccc12)N1CCOCC1. The van der Waals surface area contributed by atoms with Crippen LogP contribution in [0.4, 0.5) is 4.39 Å². The highest BCUT2D eigenvalue weighted by atomic mass is 35.5. The molecule has 1 saturated heterocycles. The molecule has 1 aromatic heterocycles. The Bertz CT molecular complexity index is 1300. The highest BCUT2D eigenvalue weighted by Gasteiger charge is 2.26. The van der Waals surface area contributed by atoms with Crippen LogP contribution in [0.3, 0.4) is 0 Å². The Kier molecular flexibility index (Phi) is 6.66. The van der Waals surface area contributed by atoms with E-state index in [9.17, 15) is 9.18 Å². The minimum atomic E-state index is -0.246. The monoisotopic (exact) mass is 476 g/mol. The van der Waals surface area contributed by atoms with Crippen molar-refractivity contribution in [3.8, 4) is 0 Å². The average molecular weight is 477 g/mol. The molecule has 1 amide bonds. The number of aromatic nitrogens is 1. The first-order valence-electron chi connectivity index (χ1n) is 11.5. The van der Waals surface area contributed by atoms with Crippen LogP contribution in [-0.4, -0.2) is 41.7 Å². The fourth-order valence-corrected chi connectivity index (χ4v) is 4.92. The number of fused-ring (bicyclic) bond motifs is 1. The lowest BCUT2D eigenvalue weighted by molar-refractivity contribution is -0.135. The zero-order valence-corrected chi connectivity index (χ0v) is 19.5. The molecule has 4 nitrogen and oxygen atoms in total. The molecular weight excluding hydrogens is 451 g/mol. The zero-order valence-electron chi connectivity index (χ0n) is 18.8. The molecule has 3 aromatic carbocycles. The minimum Gasteiger partial charge on any atom is -0.378 e. The Balaban J connectivity index is 1.56. The third-order valence-corrected chi connectivity index (χ3v) is 6.69. The molecule has 1 aliphatic heterocycles. The summed E-state index contributed by atoms with van der Waals surface area (Å²) in [7, 11) is 0. The van der Waals surface area contributed by atoms with Gasteiger partial charge in [0.1, 0.15) is 5.82 Å². The van der Waals surface area contributed by atoms with Gasteiger partial charge in [0.15, 0.2) is 0 Å². The summed E-state index contributed by atoms with van der Waals surface area (Å²) in [6.45, 7) is 3.00. The maximum Gasteiger partial charge on any atom is 0.223 e. The van der Waals surface area contributed by atoms with Crippen LogP contribution in [0.15, 0.2) is 79.0 Å². The van der Waals surface area contributed by atoms with E-state index < -0.39 is 0 Å². The number of rotatable bonds is 6. The van der Waals surface area contributed by atoms with Crippen molar-refractivity contribution in [2.24, 2.45) is 0 Å². The number of nitrogens with zero attached hydrogens (tertiary/aromatic N) is 2. The number of halogens is 2. The van der Waals surface area contributed by atoms with Gasteiger partial charge in [0, 0.05) is 54.1 Å². The van der Waals surface area contributed by atoms with Gasteiger partial charge < -0.3 is 14.2 Å². The van der Waals surface area contributed by atoms with Crippen molar-refractivity contribution in [1.82, 2.24) is 9.47 Å². The van der Waals surface area contributed by atoms with Crippen LogP contribution in [0.1, 0.15) is 29.0 Å².